The van der Waals surface area contributed by atoms with E-state index in [0.29, 0.717) is 11.8 Å². The van der Waals surface area contributed by atoms with Gasteiger partial charge in [0.05, 0.1) is 16.3 Å². The van der Waals surface area contributed by atoms with Crippen LogP contribution in [0.4, 0.5) is 11.5 Å². The lowest BCUT2D eigenvalue weighted by atomic mass is 9.96. The Bertz CT molecular complexity index is 794. The maximum Gasteiger partial charge on any atom is 0.217 e. The van der Waals surface area contributed by atoms with Gasteiger partial charge in [-0.25, -0.2) is 4.68 Å². The SMILES string of the molecule is Cc1cc(C)c(N2CCCc3c2nn(C)c3OC(C(C)C)C(C)C)c(Cl)c1. The molecule has 0 N–H and O–H groups in total. The monoisotopic (exact) mass is 389 g/mol. The van der Waals surface area contributed by atoms with E-state index in [9.17, 15) is 0 Å². The van der Waals surface area contributed by atoms with Gasteiger partial charge in [-0.15, -0.1) is 0 Å². The Hall–Kier alpha value is -1.68. The summed E-state index contributed by atoms with van der Waals surface area (Å²) in [6.07, 6.45) is 2.22. The molecule has 0 saturated heterocycles. The van der Waals surface area contributed by atoms with E-state index in [0.717, 1.165) is 41.8 Å². The van der Waals surface area contributed by atoms with Crippen LogP contribution < -0.4 is 9.64 Å². The zero-order valence-electron chi connectivity index (χ0n) is 17.6. The minimum Gasteiger partial charge on any atom is -0.474 e. The summed E-state index contributed by atoms with van der Waals surface area (Å²) in [7, 11) is 1.98. The van der Waals surface area contributed by atoms with Gasteiger partial charge >= 0.3 is 0 Å². The summed E-state index contributed by atoms with van der Waals surface area (Å²) < 4.78 is 8.41. The van der Waals surface area contributed by atoms with Crippen LogP contribution in [-0.2, 0) is 13.5 Å². The number of ether oxygens (including phenoxy) is 1. The minimum atomic E-state index is 0.171. The molecule has 0 amide bonds. The second kappa shape index (κ2) is 7.75. The normalized spacial score (nSPS) is 14.4. The quantitative estimate of drug-likeness (QED) is 0.644. The van der Waals surface area contributed by atoms with Crippen molar-refractivity contribution >= 4 is 23.1 Å². The number of nitrogens with zero attached hydrogens (tertiary/aromatic N) is 3. The van der Waals surface area contributed by atoms with E-state index in [-0.39, 0.29) is 6.10 Å². The Morgan fingerprint density at radius 2 is 1.78 bits per heavy atom. The van der Waals surface area contributed by atoms with E-state index >= 15 is 0 Å². The molecule has 2 heterocycles. The highest BCUT2D eigenvalue weighted by atomic mass is 35.5. The first-order valence-corrected chi connectivity index (χ1v) is 10.3. The summed E-state index contributed by atoms with van der Waals surface area (Å²) in [6, 6.07) is 4.22. The number of hydrogen-bond acceptors (Lipinski definition) is 3. The van der Waals surface area contributed by atoms with E-state index in [1.165, 1.54) is 16.7 Å². The predicted octanol–water partition coefficient (Wildman–Crippen LogP) is 5.83. The molecular formula is C22H32ClN3O. The van der Waals surface area contributed by atoms with Gasteiger partial charge in [0, 0.05) is 13.6 Å². The Morgan fingerprint density at radius 1 is 1.11 bits per heavy atom. The van der Waals surface area contributed by atoms with Crippen molar-refractivity contribution in [1.29, 1.82) is 0 Å². The highest BCUT2D eigenvalue weighted by Gasteiger charge is 2.31. The fourth-order valence-electron chi connectivity index (χ4n) is 4.28. The lowest BCUT2D eigenvalue weighted by Crippen LogP contribution is -2.30. The first kappa shape index (κ1) is 20.1. The predicted molar refractivity (Wildman–Crippen MR) is 114 cm³/mol. The zero-order chi connectivity index (χ0) is 19.9. The van der Waals surface area contributed by atoms with Gasteiger partial charge in [-0.05, 0) is 55.7 Å². The number of aromatic nitrogens is 2. The van der Waals surface area contributed by atoms with Gasteiger partial charge in [0.1, 0.15) is 6.10 Å². The van der Waals surface area contributed by atoms with Crippen LogP contribution in [0.5, 0.6) is 5.88 Å². The highest BCUT2D eigenvalue weighted by Crippen LogP contribution is 2.42. The average molecular weight is 390 g/mol. The molecule has 1 aliphatic heterocycles. The summed E-state index contributed by atoms with van der Waals surface area (Å²) in [6.45, 7) is 14.0. The van der Waals surface area contributed by atoms with Crippen LogP contribution in [0.25, 0.3) is 0 Å². The van der Waals surface area contributed by atoms with Crippen LogP contribution in [-0.4, -0.2) is 22.4 Å². The molecule has 0 aliphatic carbocycles. The largest absolute Gasteiger partial charge is 0.474 e. The second-order valence-electron chi connectivity index (χ2n) is 8.47. The van der Waals surface area contributed by atoms with Gasteiger partial charge < -0.3 is 9.64 Å². The number of hydrogen-bond donors (Lipinski definition) is 0. The molecule has 0 radical (unpaired) electrons. The van der Waals surface area contributed by atoms with Crippen molar-refractivity contribution in [3.8, 4) is 5.88 Å². The average Bonchev–Trinajstić information content (AvgIpc) is 2.87. The molecular weight excluding hydrogens is 358 g/mol. The summed E-state index contributed by atoms with van der Waals surface area (Å²) in [5, 5.41) is 5.63. The van der Waals surface area contributed by atoms with Crippen molar-refractivity contribution in [1.82, 2.24) is 9.78 Å². The molecule has 148 valence electrons. The molecule has 0 atom stereocenters. The molecule has 1 aromatic carbocycles. The van der Waals surface area contributed by atoms with E-state index in [2.05, 4.69) is 52.5 Å². The molecule has 0 fully saturated rings. The Kier molecular flexibility index (Phi) is 5.76. The summed E-state index contributed by atoms with van der Waals surface area (Å²) in [4.78, 5) is 2.27. The molecule has 0 bridgehead atoms. The van der Waals surface area contributed by atoms with Gasteiger partial charge in [-0.2, -0.15) is 5.10 Å². The summed E-state index contributed by atoms with van der Waals surface area (Å²) in [5.41, 5.74) is 4.63. The second-order valence-corrected chi connectivity index (χ2v) is 8.88. The number of halogens is 1. The van der Waals surface area contributed by atoms with Crippen LogP contribution in [0.15, 0.2) is 12.1 Å². The van der Waals surface area contributed by atoms with Crippen LogP contribution in [0, 0.1) is 25.7 Å². The Morgan fingerprint density at radius 3 is 2.37 bits per heavy atom. The van der Waals surface area contributed by atoms with Gasteiger partial charge in [0.25, 0.3) is 0 Å². The molecule has 4 nitrogen and oxygen atoms in total. The number of fused-ring (bicyclic) bond motifs is 1. The molecule has 1 aromatic heterocycles. The van der Waals surface area contributed by atoms with Crippen molar-refractivity contribution in [3.05, 3.63) is 33.8 Å². The van der Waals surface area contributed by atoms with Gasteiger partial charge in [-0.3, -0.25) is 0 Å². The fraction of sp³-hybridized carbons (Fsp3) is 0.591. The number of anilines is 2. The number of rotatable bonds is 5. The summed E-state index contributed by atoms with van der Waals surface area (Å²) in [5.74, 6) is 2.79. The van der Waals surface area contributed by atoms with Crippen LogP contribution >= 0.6 is 11.6 Å². The summed E-state index contributed by atoms with van der Waals surface area (Å²) >= 11 is 6.64. The maximum atomic E-state index is 6.64. The first-order chi connectivity index (χ1) is 12.7. The fourth-order valence-corrected chi connectivity index (χ4v) is 4.70. The topological polar surface area (TPSA) is 30.3 Å². The van der Waals surface area contributed by atoms with Gasteiger partial charge in [0.15, 0.2) is 5.82 Å². The molecule has 27 heavy (non-hydrogen) atoms. The van der Waals surface area contributed by atoms with Crippen molar-refractivity contribution in [2.45, 2.75) is 60.5 Å². The van der Waals surface area contributed by atoms with Crippen molar-refractivity contribution < 1.29 is 4.74 Å². The lowest BCUT2D eigenvalue weighted by molar-refractivity contribution is 0.0934. The van der Waals surface area contributed by atoms with Crippen LogP contribution in [0.3, 0.4) is 0 Å². The molecule has 2 aromatic rings. The third-order valence-corrected chi connectivity index (χ3v) is 5.65. The molecule has 1 aliphatic rings. The van der Waals surface area contributed by atoms with Crippen LogP contribution in [0.2, 0.25) is 5.02 Å². The van der Waals surface area contributed by atoms with Crippen molar-refractivity contribution in [2.75, 3.05) is 11.4 Å². The van der Waals surface area contributed by atoms with E-state index in [4.69, 9.17) is 21.4 Å². The molecule has 3 rings (SSSR count). The van der Waals surface area contributed by atoms with Crippen LogP contribution in [0.1, 0.15) is 50.8 Å². The van der Waals surface area contributed by atoms with Crippen molar-refractivity contribution in [2.24, 2.45) is 18.9 Å². The first-order valence-electron chi connectivity index (χ1n) is 9.97. The Balaban J connectivity index is 2.04. The zero-order valence-corrected chi connectivity index (χ0v) is 18.4. The molecule has 0 spiro atoms. The lowest BCUT2D eigenvalue weighted by Gasteiger charge is -2.31. The highest BCUT2D eigenvalue weighted by molar-refractivity contribution is 6.33. The standard InChI is InChI=1S/C22H32ClN3O/c1-13(2)20(14(3)4)27-22-17-9-8-10-26(21(17)24-25(22)7)19-16(6)11-15(5)12-18(19)23/h11-14,20H,8-10H2,1-7H3. The Labute approximate surface area is 168 Å². The molecule has 0 unspecified atom stereocenters. The van der Waals surface area contributed by atoms with Crippen molar-refractivity contribution in [3.63, 3.8) is 0 Å². The van der Waals surface area contributed by atoms with E-state index in [1.54, 1.807) is 0 Å². The number of benzene rings is 1. The third-order valence-electron chi connectivity index (χ3n) is 5.36. The smallest absolute Gasteiger partial charge is 0.217 e. The number of aryl methyl sites for hydroxylation is 3. The van der Waals surface area contributed by atoms with Gasteiger partial charge in [-0.1, -0.05) is 45.4 Å². The molecule has 0 saturated carbocycles. The third kappa shape index (κ3) is 3.82. The minimum absolute atomic E-state index is 0.171. The van der Waals surface area contributed by atoms with E-state index in [1.807, 2.05) is 17.8 Å². The maximum absolute atomic E-state index is 6.64. The molecule has 5 heteroatoms. The van der Waals surface area contributed by atoms with Gasteiger partial charge in [0.2, 0.25) is 5.88 Å². The van der Waals surface area contributed by atoms with E-state index < -0.39 is 0 Å².